The molecule has 23 heavy (non-hydrogen) atoms. The highest BCUT2D eigenvalue weighted by molar-refractivity contribution is 5.22. The van der Waals surface area contributed by atoms with Crippen molar-refractivity contribution in [2.24, 2.45) is 0 Å². The number of hydrogen-bond acceptors (Lipinski definition) is 4. The Kier molecular flexibility index (Phi) is 5.58. The van der Waals surface area contributed by atoms with Gasteiger partial charge in [0.15, 0.2) is 11.6 Å². The predicted molar refractivity (Wildman–Crippen MR) is 87.5 cm³/mol. The maximum atomic E-state index is 13.7. The molecule has 1 unspecified atom stereocenters. The minimum atomic E-state index is -0.770. The van der Waals surface area contributed by atoms with Crippen molar-refractivity contribution in [3.05, 3.63) is 35.4 Å². The van der Waals surface area contributed by atoms with Gasteiger partial charge in [0, 0.05) is 64.9 Å². The van der Waals surface area contributed by atoms with Crippen LogP contribution in [0.2, 0.25) is 0 Å². The summed E-state index contributed by atoms with van der Waals surface area (Å²) in [7, 11) is 2.13. The molecule has 2 aliphatic heterocycles. The first-order chi connectivity index (χ1) is 11.1. The fourth-order valence-corrected chi connectivity index (χ4v) is 3.42. The van der Waals surface area contributed by atoms with Crippen LogP contribution in [0.4, 0.5) is 8.78 Å². The van der Waals surface area contributed by atoms with E-state index in [0.29, 0.717) is 0 Å². The van der Waals surface area contributed by atoms with Crippen LogP contribution < -0.4 is 5.32 Å². The van der Waals surface area contributed by atoms with Gasteiger partial charge in [-0.15, -0.1) is 0 Å². The Bertz CT molecular complexity index is 511. The summed E-state index contributed by atoms with van der Waals surface area (Å²) in [5.41, 5.74) is 0.881. The minimum Gasteiger partial charge on any atom is -0.314 e. The summed E-state index contributed by atoms with van der Waals surface area (Å²) in [4.78, 5) is 7.14. The van der Waals surface area contributed by atoms with Crippen molar-refractivity contribution in [3.63, 3.8) is 0 Å². The minimum absolute atomic E-state index is 0.122. The summed E-state index contributed by atoms with van der Waals surface area (Å²) in [5.74, 6) is -1.52. The third-order valence-electron chi connectivity index (χ3n) is 4.95. The van der Waals surface area contributed by atoms with Gasteiger partial charge in [-0.25, -0.2) is 8.78 Å². The molecule has 2 saturated heterocycles. The highest BCUT2D eigenvalue weighted by Gasteiger charge is 2.27. The van der Waals surface area contributed by atoms with Crippen LogP contribution in [0, 0.1) is 11.6 Å². The van der Waals surface area contributed by atoms with Crippen molar-refractivity contribution in [1.82, 2.24) is 20.0 Å². The van der Waals surface area contributed by atoms with Crippen LogP contribution in [0.5, 0.6) is 0 Å². The zero-order chi connectivity index (χ0) is 16.2. The van der Waals surface area contributed by atoms with Gasteiger partial charge in [0.1, 0.15) is 0 Å². The maximum absolute atomic E-state index is 13.7. The highest BCUT2D eigenvalue weighted by atomic mass is 19.2. The largest absolute Gasteiger partial charge is 0.314 e. The lowest BCUT2D eigenvalue weighted by Crippen LogP contribution is -2.51. The van der Waals surface area contributed by atoms with E-state index in [1.807, 2.05) is 0 Å². The second kappa shape index (κ2) is 7.66. The molecule has 0 spiro atoms. The van der Waals surface area contributed by atoms with Crippen molar-refractivity contribution in [2.45, 2.75) is 6.04 Å². The average Bonchev–Trinajstić information content (AvgIpc) is 2.57. The summed E-state index contributed by atoms with van der Waals surface area (Å²) >= 11 is 0. The van der Waals surface area contributed by atoms with E-state index in [0.717, 1.165) is 64.5 Å². The van der Waals surface area contributed by atoms with Gasteiger partial charge in [-0.1, -0.05) is 6.07 Å². The summed E-state index contributed by atoms with van der Waals surface area (Å²) in [6.45, 7) is 8.83. The van der Waals surface area contributed by atoms with Gasteiger partial charge >= 0.3 is 0 Å². The maximum Gasteiger partial charge on any atom is 0.159 e. The van der Waals surface area contributed by atoms with E-state index in [4.69, 9.17) is 0 Å². The Labute approximate surface area is 137 Å². The van der Waals surface area contributed by atoms with E-state index >= 15 is 0 Å². The van der Waals surface area contributed by atoms with Gasteiger partial charge in [0.05, 0.1) is 0 Å². The molecule has 0 saturated carbocycles. The molecule has 0 amide bonds. The quantitative estimate of drug-likeness (QED) is 0.897. The molecular weight excluding hydrogens is 298 g/mol. The molecular formula is C17H26F2N4. The van der Waals surface area contributed by atoms with E-state index in [9.17, 15) is 8.78 Å². The molecule has 1 aromatic rings. The smallest absolute Gasteiger partial charge is 0.159 e. The molecule has 4 nitrogen and oxygen atoms in total. The second-order valence-corrected chi connectivity index (χ2v) is 6.58. The highest BCUT2D eigenvalue weighted by Crippen LogP contribution is 2.25. The number of piperazine rings is 2. The van der Waals surface area contributed by atoms with E-state index < -0.39 is 11.6 Å². The zero-order valence-electron chi connectivity index (χ0n) is 13.8. The summed E-state index contributed by atoms with van der Waals surface area (Å²) in [6, 6.07) is 4.49. The van der Waals surface area contributed by atoms with Crippen molar-refractivity contribution >= 4 is 0 Å². The molecule has 1 N–H and O–H groups in total. The number of nitrogens with zero attached hydrogens (tertiary/aromatic N) is 3. The molecule has 2 heterocycles. The summed E-state index contributed by atoms with van der Waals surface area (Å²) < 4.78 is 27.0. The van der Waals surface area contributed by atoms with Gasteiger partial charge < -0.3 is 10.2 Å². The summed E-state index contributed by atoms with van der Waals surface area (Å²) in [5, 5.41) is 3.36. The lowest BCUT2D eigenvalue weighted by Gasteiger charge is -2.41. The average molecular weight is 324 g/mol. The van der Waals surface area contributed by atoms with Crippen LogP contribution in [0.25, 0.3) is 0 Å². The Hall–Kier alpha value is -1.08. The normalized spacial score (nSPS) is 23.1. The Balaban J connectivity index is 1.78. The second-order valence-electron chi connectivity index (χ2n) is 6.58. The molecule has 0 aliphatic carbocycles. The monoisotopic (exact) mass is 324 g/mol. The van der Waals surface area contributed by atoms with Crippen LogP contribution >= 0.6 is 0 Å². The molecule has 128 valence electrons. The number of benzene rings is 1. The van der Waals surface area contributed by atoms with Crippen LogP contribution in [-0.4, -0.2) is 80.7 Å². The third-order valence-corrected chi connectivity index (χ3v) is 4.95. The van der Waals surface area contributed by atoms with Gasteiger partial charge in [-0.3, -0.25) is 9.80 Å². The van der Waals surface area contributed by atoms with E-state index in [-0.39, 0.29) is 6.04 Å². The molecule has 6 heteroatoms. The number of nitrogens with one attached hydrogen (secondary N) is 1. The molecule has 2 fully saturated rings. The number of hydrogen-bond donors (Lipinski definition) is 1. The van der Waals surface area contributed by atoms with Crippen molar-refractivity contribution in [2.75, 3.05) is 66.0 Å². The molecule has 0 radical (unpaired) electrons. The lowest BCUT2D eigenvalue weighted by molar-refractivity contribution is 0.0814. The predicted octanol–water partition coefficient (Wildman–Crippen LogP) is 1.16. The van der Waals surface area contributed by atoms with Crippen molar-refractivity contribution in [3.8, 4) is 0 Å². The van der Waals surface area contributed by atoms with Crippen molar-refractivity contribution < 1.29 is 8.78 Å². The van der Waals surface area contributed by atoms with Crippen LogP contribution in [0.1, 0.15) is 11.6 Å². The Morgan fingerprint density at radius 1 is 1.00 bits per heavy atom. The molecule has 2 aliphatic rings. The van der Waals surface area contributed by atoms with Gasteiger partial charge in [-0.05, 0) is 24.7 Å². The number of likely N-dealkylation sites (N-methyl/N-ethyl adjacent to an activating group) is 1. The fraction of sp³-hybridized carbons (Fsp3) is 0.647. The Morgan fingerprint density at radius 2 is 1.70 bits per heavy atom. The first-order valence-corrected chi connectivity index (χ1v) is 8.44. The van der Waals surface area contributed by atoms with Crippen LogP contribution in [0.3, 0.4) is 0 Å². The lowest BCUT2D eigenvalue weighted by atomic mass is 10.0. The fourth-order valence-electron chi connectivity index (χ4n) is 3.42. The van der Waals surface area contributed by atoms with E-state index in [1.165, 1.54) is 12.1 Å². The van der Waals surface area contributed by atoms with Crippen LogP contribution in [0.15, 0.2) is 18.2 Å². The number of rotatable bonds is 4. The molecule has 0 bridgehead atoms. The molecule has 0 aromatic heterocycles. The third kappa shape index (κ3) is 4.26. The topological polar surface area (TPSA) is 21.8 Å². The molecule has 1 atom stereocenters. The van der Waals surface area contributed by atoms with E-state index in [2.05, 4.69) is 27.1 Å². The molecule has 3 rings (SSSR count). The van der Waals surface area contributed by atoms with Crippen LogP contribution in [-0.2, 0) is 0 Å². The molecule has 1 aromatic carbocycles. The van der Waals surface area contributed by atoms with E-state index in [1.54, 1.807) is 6.07 Å². The SMILES string of the molecule is CN1CCN(C(CN2CCNCC2)c2ccc(F)c(F)c2)CC1. The van der Waals surface area contributed by atoms with Gasteiger partial charge in [-0.2, -0.15) is 0 Å². The van der Waals surface area contributed by atoms with Gasteiger partial charge in [0.25, 0.3) is 0 Å². The van der Waals surface area contributed by atoms with Crippen molar-refractivity contribution in [1.29, 1.82) is 0 Å². The zero-order valence-corrected chi connectivity index (χ0v) is 13.8. The first-order valence-electron chi connectivity index (χ1n) is 8.44. The first kappa shape index (κ1) is 16.8. The standard InChI is InChI=1S/C17H26F2N4/c1-21-8-10-23(11-9-21)17(13-22-6-4-20-5-7-22)14-2-3-15(18)16(19)12-14/h2-3,12,17,20H,4-11,13H2,1H3. The Morgan fingerprint density at radius 3 is 2.35 bits per heavy atom. The number of halogens is 2. The van der Waals surface area contributed by atoms with Gasteiger partial charge in [0.2, 0.25) is 0 Å². The summed E-state index contributed by atoms with van der Waals surface area (Å²) in [6.07, 6.45) is 0.